The monoisotopic (exact) mass is 223 g/mol. The van der Waals surface area contributed by atoms with Gasteiger partial charge in [0.05, 0.1) is 18.3 Å². The van der Waals surface area contributed by atoms with Gasteiger partial charge < -0.3 is 5.73 Å². The lowest BCUT2D eigenvalue weighted by Crippen LogP contribution is -2.01. The maximum atomic E-state index is 5.67. The van der Waals surface area contributed by atoms with Crippen molar-refractivity contribution in [1.82, 2.24) is 9.78 Å². The number of nitrogens with two attached hydrogens (primary N) is 1. The van der Waals surface area contributed by atoms with Gasteiger partial charge in [-0.3, -0.25) is 4.68 Å². The zero-order chi connectivity index (χ0) is 11.7. The first-order valence-electron chi connectivity index (χ1n) is 5.58. The number of hydrogen-bond donors (Lipinski definition) is 1. The van der Waals surface area contributed by atoms with Gasteiger partial charge in [0.1, 0.15) is 0 Å². The molecule has 0 radical (unpaired) electrons. The summed E-state index contributed by atoms with van der Waals surface area (Å²) in [6, 6.07) is 16.1. The summed E-state index contributed by atoms with van der Waals surface area (Å²) in [5.41, 5.74) is 8.82. The molecule has 1 aromatic heterocycles. The third kappa shape index (κ3) is 1.87. The van der Waals surface area contributed by atoms with E-state index in [2.05, 4.69) is 17.2 Å². The molecule has 0 aliphatic carbocycles. The molecule has 3 rings (SSSR count). The van der Waals surface area contributed by atoms with E-state index in [-0.39, 0.29) is 0 Å². The smallest absolute Gasteiger partial charge is 0.0686 e. The molecule has 2 aromatic carbocycles. The highest BCUT2D eigenvalue weighted by Crippen LogP contribution is 2.15. The summed E-state index contributed by atoms with van der Waals surface area (Å²) in [5.74, 6) is 0. The maximum Gasteiger partial charge on any atom is 0.0686 e. The van der Waals surface area contributed by atoms with Gasteiger partial charge in [-0.2, -0.15) is 5.10 Å². The summed E-state index contributed by atoms with van der Waals surface area (Å²) < 4.78 is 2.00. The van der Waals surface area contributed by atoms with Gasteiger partial charge in [-0.1, -0.05) is 30.3 Å². The van der Waals surface area contributed by atoms with Crippen LogP contribution in [0.15, 0.2) is 54.7 Å². The molecule has 0 fully saturated rings. The Kier molecular flexibility index (Phi) is 2.29. The molecule has 17 heavy (non-hydrogen) atoms. The van der Waals surface area contributed by atoms with Crippen LogP contribution in [0.1, 0.15) is 5.56 Å². The molecule has 0 aliphatic rings. The molecule has 0 atom stereocenters. The van der Waals surface area contributed by atoms with Crippen molar-refractivity contribution in [2.45, 2.75) is 6.54 Å². The van der Waals surface area contributed by atoms with Gasteiger partial charge in [0, 0.05) is 11.1 Å². The molecule has 1 heterocycles. The first-order valence-corrected chi connectivity index (χ1v) is 5.58. The van der Waals surface area contributed by atoms with Gasteiger partial charge >= 0.3 is 0 Å². The van der Waals surface area contributed by atoms with Crippen molar-refractivity contribution in [3.8, 4) is 0 Å². The zero-order valence-corrected chi connectivity index (χ0v) is 9.38. The van der Waals surface area contributed by atoms with E-state index >= 15 is 0 Å². The van der Waals surface area contributed by atoms with Crippen molar-refractivity contribution in [3.63, 3.8) is 0 Å². The molecule has 0 spiro atoms. The van der Waals surface area contributed by atoms with E-state index < -0.39 is 0 Å². The molecule has 0 saturated heterocycles. The van der Waals surface area contributed by atoms with Gasteiger partial charge in [0.2, 0.25) is 0 Å². The van der Waals surface area contributed by atoms with Crippen LogP contribution in [0.3, 0.4) is 0 Å². The highest BCUT2D eigenvalue weighted by molar-refractivity contribution is 5.78. The van der Waals surface area contributed by atoms with E-state index in [4.69, 9.17) is 5.73 Å². The predicted octanol–water partition coefficient (Wildman–Crippen LogP) is 2.67. The standard InChI is InChI=1S/C14H13N3/c15-13-7-5-11(6-8-13)10-17-14-4-2-1-3-12(14)9-16-17/h1-9H,10,15H2. The number of anilines is 1. The Morgan fingerprint density at radius 2 is 1.76 bits per heavy atom. The fraction of sp³-hybridized carbons (Fsp3) is 0.0714. The molecule has 0 aliphatic heterocycles. The van der Waals surface area contributed by atoms with E-state index in [9.17, 15) is 0 Å². The van der Waals surface area contributed by atoms with Gasteiger partial charge in [-0.15, -0.1) is 0 Å². The number of fused-ring (bicyclic) bond motifs is 1. The Morgan fingerprint density at radius 1 is 1.00 bits per heavy atom. The number of para-hydroxylation sites is 1. The lowest BCUT2D eigenvalue weighted by Gasteiger charge is -2.04. The minimum absolute atomic E-state index is 0.772. The first-order chi connectivity index (χ1) is 8.33. The predicted molar refractivity (Wildman–Crippen MR) is 69.7 cm³/mol. The van der Waals surface area contributed by atoms with Crippen LogP contribution >= 0.6 is 0 Å². The van der Waals surface area contributed by atoms with Crippen molar-refractivity contribution in [2.75, 3.05) is 5.73 Å². The number of hydrogen-bond acceptors (Lipinski definition) is 2. The molecular weight excluding hydrogens is 210 g/mol. The fourth-order valence-corrected chi connectivity index (χ4v) is 1.95. The van der Waals surface area contributed by atoms with Crippen LogP contribution in [0.25, 0.3) is 10.9 Å². The van der Waals surface area contributed by atoms with Crippen LogP contribution in [-0.2, 0) is 6.54 Å². The van der Waals surface area contributed by atoms with E-state index in [0.717, 1.165) is 17.7 Å². The molecule has 0 saturated carbocycles. The second-order valence-corrected chi connectivity index (χ2v) is 4.10. The summed E-state index contributed by atoms with van der Waals surface area (Å²) in [6.45, 7) is 0.772. The third-order valence-electron chi connectivity index (χ3n) is 2.86. The number of nitrogen functional groups attached to an aromatic ring is 1. The Morgan fingerprint density at radius 3 is 2.59 bits per heavy atom. The lowest BCUT2D eigenvalue weighted by molar-refractivity contribution is 0.712. The van der Waals surface area contributed by atoms with E-state index in [1.807, 2.05) is 47.3 Å². The Balaban J connectivity index is 1.97. The minimum Gasteiger partial charge on any atom is -0.399 e. The topological polar surface area (TPSA) is 43.8 Å². The quantitative estimate of drug-likeness (QED) is 0.679. The molecule has 84 valence electrons. The largest absolute Gasteiger partial charge is 0.399 e. The molecule has 2 N–H and O–H groups in total. The highest BCUT2D eigenvalue weighted by Gasteiger charge is 2.02. The number of benzene rings is 2. The Hall–Kier alpha value is -2.29. The summed E-state index contributed by atoms with van der Waals surface area (Å²) in [7, 11) is 0. The zero-order valence-electron chi connectivity index (χ0n) is 9.38. The normalized spacial score (nSPS) is 10.8. The molecule has 0 unspecified atom stereocenters. The maximum absolute atomic E-state index is 5.67. The first kappa shape index (κ1) is 9.90. The average molecular weight is 223 g/mol. The fourth-order valence-electron chi connectivity index (χ4n) is 1.95. The Bertz CT molecular complexity index is 638. The third-order valence-corrected chi connectivity index (χ3v) is 2.86. The van der Waals surface area contributed by atoms with Gasteiger partial charge in [0.25, 0.3) is 0 Å². The summed E-state index contributed by atoms with van der Waals surface area (Å²) in [5, 5.41) is 5.57. The van der Waals surface area contributed by atoms with Crippen molar-refractivity contribution >= 4 is 16.6 Å². The van der Waals surface area contributed by atoms with Crippen LogP contribution in [0.2, 0.25) is 0 Å². The van der Waals surface area contributed by atoms with Crippen molar-refractivity contribution < 1.29 is 0 Å². The van der Waals surface area contributed by atoms with Crippen molar-refractivity contribution in [1.29, 1.82) is 0 Å². The molecule has 3 nitrogen and oxygen atoms in total. The van der Waals surface area contributed by atoms with E-state index in [1.54, 1.807) is 0 Å². The second-order valence-electron chi connectivity index (χ2n) is 4.10. The molecular formula is C14H13N3. The van der Waals surface area contributed by atoms with E-state index in [0.29, 0.717) is 0 Å². The van der Waals surface area contributed by atoms with Crippen LogP contribution in [-0.4, -0.2) is 9.78 Å². The molecule has 0 amide bonds. The highest BCUT2D eigenvalue weighted by atomic mass is 15.3. The molecule has 3 aromatic rings. The van der Waals surface area contributed by atoms with Crippen LogP contribution in [0.5, 0.6) is 0 Å². The van der Waals surface area contributed by atoms with Crippen LogP contribution < -0.4 is 5.73 Å². The van der Waals surface area contributed by atoms with Crippen molar-refractivity contribution in [2.24, 2.45) is 0 Å². The minimum atomic E-state index is 0.772. The average Bonchev–Trinajstić information content (AvgIpc) is 2.76. The second kappa shape index (κ2) is 3.94. The number of rotatable bonds is 2. The number of nitrogens with zero attached hydrogens (tertiary/aromatic N) is 2. The van der Waals surface area contributed by atoms with Crippen LogP contribution in [0.4, 0.5) is 5.69 Å². The lowest BCUT2D eigenvalue weighted by atomic mass is 10.2. The van der Waals surface area contributed by atoms with Gasteiger partial charge in [0.15, 0.2) is 0 Å². The van der Waals surface area contributed by atoms with Crippen molar-refractivity contribution in [3.05, 3.63) is 60.3 Å². The molecule has 0 bridgehead atoms. The SMILES string of the molecule is Nc1ccc(Cn2ncc3ccccc32)cc1. The van der Waals surface area contributed by atoms with Gasteiger partial charge in [-0.05, 0) is 23.8 Å². The summed E-state index contributed by atoms with van der Waals surface area (Å²) in [6.07, 6.45) is 1.90. The Labute approximate surface area is 99.5 Å². The molecule has 3 heteroatoms. The van der Waals surface area contributed by atoms with Gasteiger partial charge in [-0.25, -0.2) is 0 Å². The summed E-state index contributed by atoms with van der Waals surface area (Å²) >= 11 is 0. The van der Waals surface area contributed by atoms with Crippen LogP contribution in [0, 0.1) is 0 Å². The summed E-state index contributed by atoms with van der Waals surface area (Å²) in [4.78, 5) is 0. The number of aromatic nitrogens is 2. The van der Waals surface area contributed by atoms with E-state index in [1.165, 1.54) is 10.9 Å².